The average Bonchev–Trinajstić information content (AvgIpc) is 3.08. The molecule has 0 unspecified atom stereocenters. The first-order valence-electron chi connectivity index (χ1n) is 7.65. The Kier molecular flexibility index (Phi) is 5.28. The van der Waals surface area contributed by atoms with Crippen molar-refractivity contribution in [3.05, 3.63) is 65.0 Å². The zero-order valence-electron chi connectivity index (χ0n) is 13.7. The molecule has 1 heterocycles. The fraction of sp³-hybridized carbons (Fsp3) is 0.111. The summed E-state index contributed by atoms with van der Waals surface area (Å²) in [6.07, 6.45) is 0. The van der Waals surface area contributed by atoms with Gasteiger partial charge in [0.05, 0.1) is 10.6 Å². The minimum absolute atomic E-state index is 0.145. The van der Waals surface area contributed by atoms with Gasteiger partial charge in [-0.2, -0.15) is 4.98 Å². The van der Waals surface area contributed by atoms with Gasteiger partial charge in [-0.25, -0.2) is 4.79 Å². The first-order valence-corrected chi connectivity index (χ1v) is 8.03. The molecule has 0 bridgehead atoms. The molecular formula is C18H14ClN3O4. The van der Waals surface area contributed by atoms with Gasteiger partial charge in [0.1, 0.15) is 0 Å². The molecule has 26 heavy (non-hydrogen) atoms. The number of rotatable bonds is 5. The summed E-state index contributed by atoms with van der Waals surface area (Å²) in [6.45, 7) is 1.21. The molecule has 132 valence electrons. The lowest BCUT2D eigenvalue weighted by Crippen LogP contribution is -2.09. The van der Waals surface area contributed by atoms with Crippen LogP contribution >= 0.6 is 11.6 Å². The number of aromatic nitrogens is 2. The predicted octanol–water partition coefficient (Wildman–Crippen LogP) is 3.71. The van der Waals surface area contributed by atoms with E-state index in [1.165, 1.54) is 13.0 Å². The first kappa shape index (κ1) is 17.6. The van der Waals surface area contributed by atoms with Crippen LogP contribution in [-0.4, -0.2) is 22.0 Å². The summed E-state index contributed by atoms with van der Waals surface area (Å²) in [5, 5.41) is 6.93. The Morgan fingerprint density at radius 1 is 1.19 bits per heavy atom. The van der Waals surface area contributed by atoms with Crippen molar-refractivity contribution in [2.24, 2.45) is 0 Å². The number of carbonyl (C=O) groups is 2. The SMILES string of the molecule is CC(=O)Nc1cccc(C(=O)OCc2nc(-c3ccccc3Cl)no2)c1. The third kappa shape index (κ3) is 4.25. The summed E-state index contributed by atoms with van der Waals surface area (Å²) in [7, 11) is 0. The van der Waals surface area contributed by atoms with E-state index in [-0.39, 0.29) is 18.4 Å². The van der Waals surface area contributed by atoms with Crippen molar-refractivity contribution in [3.8, 4) is 11.4 Å². The molecule has 7 nitrogen and oxygen atoms in total. The van der Waals surface area contributed by atoms with E-state index in [2.05, 4.69) is 15.5 Å². The van der Waals surface area contributed by atoms with E-state index >= 15 is 0 Å². The van der Waals surface area contributed by atoms with Gasteiger partial charge in [0.15, 0.2) is 6.61 Å². The molecule has 0 saturated heterocycles. The topological polar surface area (TPSA) is 94.3 Å². The molecule has 2 aromatic carbocycles. The number of anilines is 1. The van der Waals surface area contributed by atoms with Crippen LogP contribution in [0.5, 0.6) is 0 Å². The van der Waals surface area contributed by atoms with Crippen LogP contribution in [0.2, 0.25) is 5.02 Å². The maximum absolute atomic E-state index is 12.1. The summed E-state index contributed by atoms with van der Waals surface area (Å²) in [5.41, 5.74) is 1.42. The first-order chi connectivity index (χ1) is 12.5. The zero-order chi connectivity index (χ0) is 18.5. The number of halogens is 1. The summed E-state index contributed by atoms with van der Waals surface area (Å²) in [5.74, 6) is -0.344. The molecule has 1 aromatic heterocycles. The Balaban J connectivity index is 1.65. The van der Waals surface area contributed by atoms with Crippen LogP contribution in [-0.2, 0) is 16.1 Å². The third-order valence-corrected chi connectivity index (χ3v) is 3.66. The molecule has 0 aliphatic heterocycles. The van der Waals surface area contributed by atoms with Crippen molar-refractivity contribution >= 4 is 29.2 Å². The summed E-state index contributed by atoms with van der Waals surface area (Å²) in [4.78, 5) is 27.4. The van der Waals surface area contributed by atoms with E-state index in [4.69, 9.17) is 20.9 Å². The second kappa shape index (κ2) is 7.79. The summed E-state index contributed by atoms with van der Waals surface area (Å²) >= 11 is 6.09. The van der Waals surface area contributed by atoms with Crippen molar-refractivity contribution in [2.75, 3.05) is 5.32 Å². The Morgan fingerprint density at radius 2 is 2.00 bits per heavy atom. The van der Waals surface area contributed by atoms with Crippen molar-refractivity contribution in [2.45, 2.75) is 13.5 Å². The number of hydrogen-bond acceptors (Lipinski definition) is 6. The Hall–Kier alpha value is -3.19. The normalized spacial score (nSPS) is 10.4. The lowest BCUT2D eigenvalue weighted by molar-refractivity contribution is -0.114. The maximum atomic E-state index is 12.1. The maximum Gasteiger partial charge on any atom is 0.338 e. The number of nitrogens with one attached hydrogen (secondary N) is 1. The number of amides is 1. The smallest absolute Gasteiger partial charge is 0.338 e. The Bertz CT molecular complexity index is 955. The molecule has 3 aromatic rings. The minimum atomic E-state index is -0.574. The molecule has 3 rings (SSSR count). The molecule has 0 atom stereocenters. The molecule has 1 amide bonds. The van der Waals surface area contributed by atoms with Crippen molar-refractivity contribution in [3.63, 3.8) is 0 Å². The molecule has 0 saturated carbocycles. The van der Waals surface area contributed by atoms with Gasteiger partial charge in [0, 0.05) is 18.2 Å². The number of hydrogen-bond donors (Lipinski definition) is 1. The molecule has 1 N–H and O–H groups in total. The fourth-order valence-corrected chi connectivity index (χ4v) is 2.42. The van der Waals surface area contributed by atoms with Gasteiger partial charge < -0.3 is 14.6 Å². The van der Waals surface area contributed by atoms with Crippen molar-refractivity contribution in [1.29, 1.82) is 0 Å². The monoisotopic (exact) mass is 371 g/mol. The van der Waals surface area contributed by atoms with Gasteiger partial charge in [-0.1, -0.05) is 35.0 Å². The molecule has 0 fully saturated rings. The highest BCUT2D eigenvalue weighted by Gasteiger charge is 2.14. The number of nitrogens with zero attached hydrogens (tertiary/aromatic N) is 2. The second-order valence-corrected chi connectivity index (χ2v) is 5.74. The van der Waals surface area contributed by atoms with E-state index in [0.717, 1.165) is 0 Å². The van der Waals surface area contributed by atoms with Crippen LogP contribution in [0.1, 0.15) is 23.2 Å². The van der Waals surface area contributed by atoms with E-state index in [1.807, 2.05) is 0 Å². The molecule has 0 spiro atoms. The van der Waals surface area contributed by atoms with Crippen molar-refractivity contribution in [1.82, 2.24) is 10.1 Å². The average molecular weight is 372 g/mol. The number of ether oxygens (including phenoxy) is 1. The minimum Gasteiger partial charge on any atom is -0.452 e. The fourth-order valence-electron chi connectivity index (χ4n) is 2.20. The predicted molar refractivity (Wildman–Crippen MR) is 94.6 cm³/mol. The highest BCUT2D eigenvalue weighted by molar-refractivity contribution is 6.33. The van der Waals surface area contributed by atoms with Crippen molar-refractivity contribution < 1.29 is 18.8 Å². The van der Waals surface area contributed by atoms with E-state index < -0.39 is 5.97 Å². The van der Waals surface area contributed by atoms with Gasteiger partial charge in [-0.3, -0.25) is 4.79 Å². The summed E-state index contributed by atoms with van der Waals surface area (Å²) in [6, 6.07) is 13.5. The lowest BCUT2D eigenvalue weighted by atomic mass is 10.2. The van der Waals surface area contributed by atoms with E-state index in [1.54, 1.807) is 42.5 Å². The molecule has 8 heteroatoms. The standard InChI is InChI=1S/C18H14ClN3O4/c1-11(23)20-13-6-4-5-12(9-13)18(24)25-10-16-21-17(22-26-16)14-7-2-3-8-15(14)19/h2-9H,10H2,1H3,(H,20,23). The van der Waals surface area contributed by atoms with E-state index in [0.29, 0.717) is 27.7 Å². The Morgan fingerprint density at radius 3 is 2.77 bits per heavy atom. The quantitative estimate of drug-likeness (QED) is 0.687. The van der Waals surface area contributed by atoms with Gasteiger partial charge >= 0.3 is 5.97 Å². The van der Waals surface area contributed by atoms with E-state index in [9.17, 15) is 9.59 Å². The second-order valence-electron chi connectivity index (χ2n) is 5.33. The van der Waals surface area contributed by atoms with Gasteiger partial charge in [0.25, 0.3) is 5.89 Å². The van der Waals surface area contributed by atoms with Crippen LogP contribution in [0.15, 0.2) is 53.1 Å². The zero-order valence-corrected chi connectivity index (χ0v) is 14.5. The van der Waals surface area contributed by atoms with Crippen LogP contribution in [0.4, 0.5) is 5.69 Å². The molecule has 0 aliphatic rings. The van der Waals surface area contributed by atoms with Crippen LogP contribution in [0.25, 0.3) is 11.4 Å². The molecule has 0 radical (unpaired) electrons. The van der Waals surface area contributed by atoms with Gasteiger partial charge in [0.2, 0.25) is 11.7 Å². The van der Waals surface area contributed by atoms with Crippen LogP contribution in [0, 0.1) is 0 Å². The number of esters is 1. The highest BCUT2D eigenvalue weighted by atomic mass is 35.5. The Labute approximate surface area is 153 Å². The van der Waals surface area contributed by atoms with Gasteiger partial charge in [-0.05, 0) is 30.3 Å². The van der Waals surface area contributed by atoms with Crippen LogP contribution in [0.3, 0.4) is 0 Å². The van der Waals surface area contributed by atoms with Gasteiger partial charge in [-0.15, -0.1) is 0 Å². The lowest BCUT2D eigenvalue weighted by Gasteiger charge is -2.05. The largest absolute Gasteiger partial charge is 0.452 e. The summed E-state index contributed by atoms with van der Waals surface area (Å²) < 4.78 is 10.3. The highest BCUT2D eigenvalue weighted by Crippen LogP contribution is 2.25. The number of carbonyl (C=O) groups excluding carboxylic acids is 2. The molecular weight excluding hydrogens is 358 g/mol. The molecule has 0 aliphatic carbocycles. The third-order valence-electron chi connectivity index (χ3n) is 3.33. The van der Waals surface area contributed by atoms with Crippen LogP contribution < -0.4 is 5.32 Å². The number of benzene rings is 2.